The van der Waals surface area contributed by atoms with Crippen LogP contribution in [-0.2, 0) is 9.59 Å². The zero-order chi connectivity index (χ0) is 21.1. The molecule has 0 spiro atoms. The predicted octanol–water partition coefficient (Wildman–Crippen LogP) is 3.04. The monoisotopic (exact) mass is 413 g/mol. The number of ether oxygens (including phenoxy) is 2. The summed E-state index contributed by atoms with van der Waals surface area (Å²) in [5.74, 6) is 3.29. The second-order valence-corrected chi connectivity index (χ2v) is 9.27. The van der Waals surface area contributed by atoms with Crippen LogP contribution in [0.3, 0.4) is 0 Å². The SMILES string of the molecule is COc1ccc(OCC(=O)NN=C(C)CC(=O)NC23CC4CC(CC(C4)C2)C3)cc1. The van der Waals surface area contributed by atoms with Crippen LogP contribution < -0.4 is 20.2 Å². The van der Waals surface area contributed by atoms with E-state index in [-0.39, 0.29) is 30.4 Å². The first-order valence-corrected chi connectivity index (χ1v) is 10.8. The second kappa shape index (κ2) is 8.66. The highest BCUT2D eigenvalue weighted by Crippen LogP contribution is 2.55. The zero-order valence-electron chi connectivity index (χ0n) is 17.8. The maximum absolute atomic E-state index is 12.6. The van der Waals surface area contributed by atoms with Crippen molar-refractivity contribution in [2.24, 2.45) is 22.9 Å². The maximum atomic E-state index is 12.6. The van der Waals surface area contributed by atoms with E-state index in [0.717, 1.165) is 42.8 Å². The Morgan fingerprint density at radius 2 is 1.57 bits per heavy atom. The molecule has 0 aliphatic heterocycles. The number of benzene rings is 1. The summed E-state index contributed by atoms with van der Waals surface area (Å²) in [5, 5.41) is 7.39. The van der Waals surface area contributed by atoms with Crippen LogP contribution in [0.5, 0.6) is 11.5 Å². The van der Waals surface area contributed by atoms with Gasteiger partial charge in [0.05, 0.1) is 13.5 Å². The van der Waals surface area contributed by atoms with Crippen molar-refractivity contribution in [1.29, 1.82) is 0 Å². The van der Waals surface area contributed by atoms with Crippen LogP contribution in [0.25, 0.3) is 0 Å². The molecule has 4 bridgehead atoms. The van der Waals surface area contributed by atoms with Gasteiger partial charge >= 0.3 is 0 Å². The first-order chi connectivity index (χ1) is 14.4. The fraction of sp³-hybridized carbons (Fsp3) is 0.609. The fourth-order valence-corrected chi connectivity index (χ4v) is 5.89. The van der Waals surface area contributed by atoms with E-state index in [1.807, 2.05) is 0 Å². The lowest BCUT2D eigenvalue weighted by Gasteiger charge is -2.56. The van der Waals surface area contributed by atoms with Crippen LogP contribution in [0, 0.1) is 17.8 Å². The van der Waals surface area contributed by atoms with Crippen molar-refractivity contribution in [1.82, 2.24) is 10.7 Å². The molecule has 7 nitrogen and oxygen atoms in total. The number of carbonyl (C=O) groups excluding carboxylic acids is 2. The third-order valence-electron chi connectivity index (χ3n) is 6.66. The number of nitrogens with zero attached hydrogens (tertiary/aromatic N) is 1. The van der Waals surface area contributed by atoms with Crippen molar-refractivity contribution in [3.05, 3.63) is 24.3 Å². The van der Waals surface area contributed by atoms with Crippen LogP contribution in [0.15, 0.2) is 29.4 Å². The van der Waals surface area contributed by atoms with Crippen molar-refractivity contribution < 1.29 is 19.1 Å². The van der Waals surface area contributed by atoms with Crippen molar-refractivity contribution >= 4 is 17.5 Å². The lowest BCUT2D eigenvalue weighted by molar-refractivity contribution is -0.126. The van der Waals surface area contributed by atoms with Crippen LogP contribution in [0.4, 0.5) is 0 Å². The maximum Gasteiger partial charge on any atom is 0.277 e. The van der Waals surface area contributed by atoms with Gasteiger partial charge in [0.15, 0.2) is 6.61 Å². The first-order valence-electron chi connectivity index (χ1n) is 10.8. The molecular formula is C23H31N3O4. The lowest BCUT2D eigenvalue weighted by atomic mass is 9.53. The second-order valence-electron chi connectivity index (χ2n) is 9.27. The Hall–Kier alpha value is -2.57. The highest BCUT2D eigenvalue weighted by molar-refractivity contribution is 6.00. The molecule has 7 heteroatoms. The molecule has 0 aromatic heterocycles. The molecule has 1 aromatic rings. The number of hydrogen-bond donors (Lipinski definition) is 2. The average Bonchev–Trinajstić information content (AvgIpc) is 2.69. The van der Waals surface area contributed by atoms with Gasteiger partial charge in [-0.15, -0.1) is 0 Å². The molecular weight excluding hydrogens is 382 g/mol. The van der Waals surface area contributed by atoms with Gasteiger partial charge < -0.3 is 14.8 Å². The molecule has 0 atom stereocenters. The van der Waals surface area contributed by atoms with E-state index < -0.39 is 0 Å². The summed E-state index contributed by atoms with van der Waals surface area (Å²) in [5.41, 5.74) is 3.04. The van der Waals surface area contributed by atoms with E-state index in [1.54, 1.807) is 38.3 Å². The van der Waals surface area contributed by atoms with Crippen LogP contribution in [0.1, 0.15) is 51.9 Å². The topological polar surface area (TPSA) is 89.0 Å². The van der Waals surface area contributed by atoms with Gasteiger partial charge in [-0.05, 0) is 87.5 Å². The van der Waals surface area contributed by atoms with E-state index >= 15 is 0 Å². The van der Waals surface area contributed by atoms with Crippen LogP contribution >= 0.6 is 0 Å². The average molecular weight is 414 g/mol. The molecule has 2 amide bonds. The number of methoxy groups -OCH3 is 1. The first kappa shape index (κ1) is 20.7. The molecule has 4 saturated carbocycles. The molecule has 0 radical (unpaired) electrons. The Morgan fingerprint density at radius 3 is 2.13 bits per heavy atom. The molecule has 4 fully saturated rings. The normalized spacial score (nSPS) is 29.4. The molecule has 2 N–H and O–H groups in total. The van der Waals surface area contributed by atoms with Gasteiger partial charge in [0.25, 0.3) is 5.91 Å². The Bertz CT molecular complexity index is 783. The van der Waals surface area contributed by atoms with Gasteiger partial charge in [-0.1, -0.05) is 0 Å². The van der Waals surface area contributed by atoms with Gasteiger partial charge in [0, 0.05) is 11.3 Å². The highest BCUT2D eigenvalue weighted by Gasteiger charge is 2.51. The molecule has 30 heavy (non-hydrogen) atoms. The van der Waals surface area contributed by atoms with E-state index in [4.69, 9.17) is 9.47 Å². The fourth-order valence-electron chi connectivity index (χ4n) is 5.89. The van der Waals surface area contributed by atoms with E-state index in [1.165, 1.54) is 19.3 Å². The highest BCUT2D eigenvalue weighted by atomic mass is 16.5. The molecule has 1 aromatic carbocycles. The molecule has 162 valence electrons. The molecule has 4 aliphatic carbocycles. The Balaban J connectivity index is 1.21. The smallest absolute Gasteiger partial charge is 0.277 e. The summed E-state index contributed by atoms with van der Waals surface area (Å²) in [6.45, 7) is 1.60. The minimum atomic E-state index is -0.369. The molecule has 0 heterocycles. The summed E-state index contributed by atoms with van der Waals surface area (Å²) in [6.07, 6.45) is 7.61. The van der Waals surface area contributed by atoms with Crippen molar-refractivity contribution in [3.63, 3.8) is 0 Å². The molecule has 5 rings (SSSR count). The van der Waals surface area contributed by atoms with Gasteiger partial charge in [-0.25, -0.2) is 5.43 Å². The third kappa shape index (κ3) is 4.94. The molecule has 0 unspecified atom stereocenters. The van der Waals surface area contributed by atoms with Crippen molar-refractivity contribution in [2.45, 2.75) is 57.4 Å². The number of hydrazone groups is 1. The number of rotatable bonds is 8. The van der Waals surface area contributed by atoms with Crippen molar-refractivity contribution in [2.75, 3.05) is 13.7 Å². The predicted molar refractivity (Wildman–Crippen MR) is 113 cm³/mol. The Morgan fingerprint density at radius 1 is 1.00 bits per heavy atom. The Labute approximate surface area is 177 Å². The third-order valence-corrected chi connectivity index (χ3v) is 6.66. The molecule has 0 saturated heterocycles. The summed E-state index contributed by atoms with van der Waals surface area (Å²) < 4.78 is 10.5. The van der Waals surface area contributed by atoms with E-state index in [0.29, 0.717) is 11.5 Å². The summed E-state index contributed by atoms with van der Waals surface area (Å²) in [6, 6.07) is 6.99. The summed E-state index contributed by atoms with van der Waals surface area (Å²) in [4.78, 5) is 24.6. The quantitative estimate of drug-likeness (QED) is 0.506. The van der Waals surface area contributed by atoms with Crippen molar-refractivity contribution in [3.8, 4) is 11.5 Å². The Kier molecular flexibility index (Phi) is 5.97. The van der Waals surface area contributed by atoms with Gasteiger partial charge in [-0.2, -0.15) is 5.10 Å². The van der Waals surface area contributed by atoms with Crippen LogP contribution in [0.2, 0.25) is 0 Å². The number of nitrogens with one attached hydrogen (secondary N) is 2. The lowest BCUT2D eigenvalue weighted by Crippen LogP contribution is -2.60. The van der Waals surface area contributed by atoms with Gasteiger partial charge in [0.1, 0.15) is 11.5 Å². The zero-order valence-corrected chi connectivity index (χ0v) is 17.8. The van der Waals surface area contributed by atoms with Crippen LogP contribution in [-0.4, -0.2) is 36.8 Å². The minimum Gasteiger partial charge on any atom is -0.497 e. The molecule has 4 aliphatic rings. The number of hydrogen-bond acceptors (Lipinski definition) is 5. The van der Waals surface area contributed by atoms with Gasteiger partial charge in [-0.3, -0.25) is 9.59 Å². The minimum absolute atomic E-state index is 0.00155. The summed E-state index contributed by atoms with van der Waals surface area (Å²) >= 11 is 0. The largest absolute Gasteiger partial charge is 0.497 e. The van der Waals surface area contributed by atoms with E-state index in [9.17, 15) is 9.59 Å². The van der Waals surface area contributed by atoms with Gasteiger partial charge in [0.2, 0.25) is 5.91 Å². The number of carbonyl (C=O) groups is 2. The standard InChI is InChI=1S/C23H31N3O4/c1-15(25-26-22(28)14-30-20-5-3-19(29-2)4-6-20)7-21(27)24-23-11-16-8-17(12-23)10-18(9-16)13-23/h3-6,16-18H,7-14H2,1-2H3,(H,24,27)(H,26,28). The number of amides is 2. The summed E-state index contributed by atoms with van der Waals surface area (Å²) in [7, 11) is 1.59. The van der Waals surface area contributed by atoms with E-state index in [2.05, 4.69) is 15.8 Å².